The molecule has 0 unspecified atom stereocenters. The van der Waals surface area contributed by atoms with Crippen LogP contribution in [0.2, 0.25) is 0 Å². The van der Waals surface area contributed by atoms with Crippen molar-refractivity contribution >= 4 is 11.3 Å². The molecule has 0 aromatic carbocycles. The van der Waals surface area contributed by atoms with Gasteiger partial charge < -0.3 is 0 Å². The minimum absolute atomic E-state index is 0.261. The molecule has 6 heteroatoms. The van der Waals surface area contributed by atoms with Gasteiger partial charge in [0.2, 0.25) is 0 Å². The van der Waals surface area contributed by atoms with E-state index in [9.17, 15) is 13.2 Å². The van der Waals surface area contributed by atoms with E-state index in [4.69, 9.17) is 0 Å². The smallest absolute Gasteiger partial charge is 0.264 e. The van der Waals surface area contributed by atoms with Crippen molar-refractivity contribution in [1.29, 1.82) is 0 Å². The standard InChI is InChI=1S/C11H9F3N2S/c1-2-8-9(11(12,13)14)16-10(17-8)7-4-3-5-15-6-7/h3-6H,2H2,1H3. The van der Waals surface area contributed by atoms with Gasteiger partial charge in [0, 0.05) is 22.8 Å². The monoisotopic (exact) mass is 258 g/mol. The first-order valence-corrected chi connectivity index (χ1v) is 5.81. The van der Waals surface area contributed by atoms with Crippen molar-refractivity contribution in [3.05, 3.63) is 35.1 Å². The molecule has 0 aliphatic rings. The third kappa shape index (κ3) is 2.46. The summed E-state index contributed by atoms with van der Waals surface area (Å²) in [6.45, 7) is 1.69. The molecule has 2 aromatic heterocycles. The molecule has 0 aliphatic carbocycles. The van der Waals surface area contributed by atoms with Gasteiger partial charge in [-0.2, -0.15) is 13.2 Å². The van der Waals surface area contributed by atoms with Gasteiger partial charge in [-0.25, -0.2) is 4.98 Å². The Labute approximate surface area is 100 Å². The van der Waals surface area contributed by atoms with Crippen LogP contribution in [0.3, 0.4) is 0 Å². The Balaban J connectivity index is 2.49. The highest BCUT2D eigenvalue weighted by atomic mass is 32.1. The fourth-order valence-corrected chi connectivity index (χ4v) is 2.44. The number of hydrogen-bond acceptors (Lipinski definition) is 3. The third-order valence-corrected chi connectivity index (χ3v) is 3.44. The van der Waals surface area contributed by atoms with Crippen LogP contribution in [0, 0.1) is 0 Å². The van der Waals surface area contributed by atoms with Crippen LogP contribution in [0.4, 0.5) is 13.2 Å². The molecule has 0 aliphatic heterocycles. The number of aryl methyl sites for hydroxylation is 1. The Morgan fingerprint density at radius 1 is 1.35 bits per heavy atom. The molecule has 0 atom stereocenters. The number of hydrogen-bond donors (Lipinski definition) is 0. The number of pyridine rings is 1. The van der Waals surface area contributed by atoms with Crippen molar-refractivity contribution in [2.24, 2.45) is 0 Å². The van der Waals surface area contributed by atoms with Crippen LogP contribution in [0.25, 0.3) is 10.6 Å². The summed E-state index contributed by atoms with van der Waals surface area (Å²) in [7, 11) is 0. The molecule has 17 heavy (non-hydrogen) atoms. The SMILES string of the molecule is CCc1sc(-c2cccnc2)nc1C(F)(F)F. The average Bonchev–Trinajstić information content (AvgIpc) is 2.74. The first-order valence-electron chi connectivity index (χ1n) is 4.99. The minimum atomic E-state index is -4.39. The van der Waals surface area contributed by atoms with Gasteiger partial charge in [0.05, 0.1) is 0 Å². The van der Waals surface area contributed by atoms with Gasteiger partial charge in [0.25, 0.3) is 0 Å². The zero-order valence-electron chi connectivity index (χ0n) is 8.95. The zero-order valence-corrected chi connectivity index (χ0v) is 9.77. The number of rotatable bonds is 2. The van der Waals surface area contributed by atoms with Gasteiger partial charge in [0.1, 0.15) is 5.01 Å². The molecule has 0 saturated carbocycles. The molecule has 90 valence electrons. The Morgan fingerprint density at radius 2 is 2.12 bits per heavy atom. The van der Waals surface area contributed by atoms with Crippen LogP contribution in [0.15, 0.2) is 24.5 Å². The van der Waals surface area contributed by atoms with Crippen LogP contribution in [0.1, 0.15) is 17.5 Å². The topological polar surface area (TPSA) is 25.8 Å². The number of alkyl halides is 3. The van der Waals surface area contributed by atoms with Gasteiger partial charge >= 0.3 is 6.18 Å². The second kappa shape index (κ2) is 4.44. The van der Waals surface area contributed by atoms with Crippen LogP contribution in [-0.2, 0) is 12.6 Å². The van der Waals surface area contributed by atoms with Gasteiger partial charge in [-0.3, -0.25) is 4.98 Å². The van der Waals surface area contributed by atoms with E-state index in [1.54, 1.807) is 25.3 Å². The number of thiazole rings is 1. The molecule has 0 bridgehead atoms. The maximum absolute atomic E-state index is 12.7. The van der Waals surface area contributed by atoms with Crippen molar-refractivity contribution < 1.29 is 13.2 Å². The summed E-state index contributed by atoms with van der Waals surface area (Å²) in [4.78, 5) is 7.81. The minimum Gasteiger partial charge on any atom is -0.264 e. The van der Waals surface area contributed by atoms with E-state index in [1.807, 2.05) is 0 Å². The van der Waals surface area contributed by atoms with Gasteiger partial charge in [-0.1, -0.05) is 6.92 Å². The second-order valence-corrected chi connectivity index (χ2v) is 4.47. The summed E-state index contributed by atoms with van der Waals surface area (Å²) < 4.78 is 38.1. The number of nitrogens with zero attached hydrogens (tertiary/aromatic N) is 2. The van der Waals surface area contributed by atoms with Crippen molar-refractivity contribution in [3.63, 3.8) is 0 Å². The lowest BCUT2D eigenvalue weighted by Crippen LogP contribution is -2.08. The molecule has 2 rings (SSSR count). The Hall–Kier alpha value is -1.43. The van der Waals surface area contributed by atoms with E-state index in [0.29, 0.717) is 17.0 Å². The van der Waals surface area contributed by atoms with Crippen LogP contribution in [-0.4, -0.2) is 9.97 Å². The van der Waals surface area contributed by atoms with E-state index >= 15 is 0 Å². The molecule has 0 spiro atoms. The van der Waals surface area contributed by atoms with Gasteiger partial charge in [-0.05, 0) is 18.6 Å². The Bertz CT molecular complexity index is 505. The van der Waals surface area contributed by atoms with Crippen LogP contribution < -0.4 is 0 Å². The lowest BCUT2D eigenvalue weighted by Gasteiger charge is -2.03. The maximum Gasteiger partial charge on any atom is 0.434 e. The molecule has 0 fully saturated rings. The Kier molecular flexibility index (Phi) is 3.15. The van der Waals surface area contributed by atoms with Crippen molar-refractivity contribution in [2.75, 3.05) is 0 Å². The highest BCUT2D eigenvalue weighted by molar-refractivity contribution is 7.15. The summed E-state index contributed by atoms with van der Waals surface area (Å²) >= 11 is 1.07. The summed E-state index contributed by atoms with van der Waals surface area (Å²) in [5, 5.41) is 0.363. The first-order chi connectivity index (χ1) is 8.02. The molecule has 2 nitrogen and oxygen atoms in total. The van der Waals surface area contributed by atoms with Gasteiger partial charge in [-0.15, -0.1) is 11.3 Å². The summed E-state index contributed by atoms with van der Waals surface area (Å²) in [5.74, 6) is 0. The van der Waals surface area contributed by atoms with E-state index in [-0.39, 0.29) is 4.88 Å². The van der Waals surface area contributed by atoms with Crippen molar-refractivity contribution in [2.45, 2.75) is 19.5 Å². The first kappa shape index (κ1) is 12.0. The Morgan fingerprint density at radius 3 is 2.59 bits per heavy atom. The average molecular weight is 258 g/mol. The molecular formula is C11H9F3N2S. The zero-order chi connectivity index (χ0) is 12.5. The largest absolute Gasteiger partial charge is 0.434 e. The molecule has 0 N–H and O–H groups in total. The third-order valence-electron chi connectivity index (χ3n) is 2.20. The summed E-state index contributed by atoms with van der Waals surface area (Å²) in [5.41, 5.74) is -0.161. The van der Waals surface area contributed by atoms with Crippen LogP contribution >= 0.6 is 11.3 Å². The van der Waals surface area contributed by atoms with Crippen molar-refractivity contribution in [1.82, 2.24) is 9.97 Å². The molecule has 2 aromatic rings. The molecule has 2 heterocycles. The quantitative estimate of drug-likeness (QED) is 0.819. The predicted molar refractivity (Wildman–Crippen MR) is 59.7 cm³/mol. The maximum atomic E-state index is 12.7. The second-order valence-electron chi connectivity index (χ2n) is 3.38. The highest BCUT2D eigenvalue weighted by Crippen LogP contribution is 2.37. The molecule has 0 saturated heterocycles. The predicted octanol–water partition coefficient (Wildman–Crippen LogP) is 3.79. The van der Waals surface area contributed by atoms with Crippen molar-refractivity contribution in [3.8, 4) is 10.6 Å². The number of halogens is 3. The molecule has 0 radical (unpaired) electrons. The van der Waals surface area contributed by atoms with E-state index < -0.39 is 11.9 Å². The molecular weight excluding hydrogens is 249 g/mol. The fourth-order valence-electron chi connectivity index (χ4n) is 1.43. The molecule has 0 amide bonds. The van der Waals surface area contributed by atoms with E-state index in [0.717, 1.165) is 11.3 Å². The lowest BCUT2D eigenvalue weighted by atomic mass is 10.3. The van der Waals surface area contributed by atoms with Gasteiger partial charge in [0.15, 0.2) is 5.69 Å². The summed E-state index contributed by atoms with van der Waals surface area (Å²) in [6, 6.07) is 3.38. The highest BCUT2D eigenvalue weighted by Gasteiger charge is 2.36. The number of aromatic nitrogens is 2. The lowest BCUT2D eigenvalue weighted by molar-refractivity contribution is -0.141. The van der Waals surface area contributed by atoms with E-state index in [2.05, 4.69) is 9.97 Å². The fraction of sp³-hybridized carbons (Fsp3) is 0.273. The van der Waals surface area contributed by atoms with Crippen LogP contribution in [0.5, 0.6) is 0 Å². The summed E-state index contributed by atoms with van der Waals surface area (Å²) in [6.07, 6.45) is -0.976. The van der Waals surface area contributed by atoms with E-state index in [1.165, 1.54) is 6.20 Å². The normalized spacial score (nSPS) is 11.8.